The van der Waals surface area contributed by atoms with Crippen LogP contribution in [0, 0.1) is 0 Å². The van der Waals surface area contributed by atoms with Crippen molar-refractivity contribution in [3.63, 3.8) is 0 Å². The molecule has 1 saturated carbocycles. The van der Waals surface area contributed by atoms with Gasteiger partial charge in [-0.3, -0.25) is 0 Å². The predicted molar refractivity (Wildman–Crippen MR) is 98.3 cm³/mol. The molecule has 0 spiro atoms. The summed E-state index contributed by atoms with van der Waals surface area (Å²) in [5.41, 5.74) is 0. The van der Waals surface area contributed by atoms with Crippen LogP contribution in [0.1, 0.15) is 70.6 Å². The fourth-order valence-electron chi connectivity index (χ4n) is 4.59. The second-order valence-electron chi connectivity index (χ2n) is 7.95. The predicted octanol–water partition coefficient (Wildman–Crippen LogP) is 2.61. The highest BCUT2D eigenvalue weighted by molar-refractivity contribution is 5.74. The number of urea groups is 1. The van der Waals surface area contributed by atoms with Crippen molar-refractivity contribution in [1.29, 1.82) is 0 Å². The average Bonchev–Trinajstić information content (AvgIpc) is 2.59. The van der Waals surface area contributed by atoms with E-state index in [1.165, 1.54) is 44.9 Å². The molecule has 2 heterocycles. The highest BCUT2D eigenvalue weighted by atomic mass is 16.2. The molecule has 3 fully saturated rings. The van der Waals surface area contributed by atoms with Crippen LogP contribution in [0.2, 0.25) is 0 Å². The van der Waals surface area contributed by atoms with E-state index in [0.717, 1.165) is 57.9 Å². The topological polar surface area (TPSA) is 56.4 Å². The van der Waals surface area contributed by atoms with E-state index >= 15 is 0 Å². The van der Waals surface area contributed by atoms with Crippen LogP contribution >= 0.6 is 0 Å². The van der Waals surface area contributed by atoms with Gasteiger partial charge in [0.15, 0.2) is 0 Å². The molecule has 0 aromatic heterocycles. The van der Waals surface area contributed by atoms with Crippen LogP contribution in [-0.2, 0) is 0 Å². The van der Waals surface area contributed by atoms with Crippen molar-refractivity contribution in [2.75, 3.05) is 26.2 Å². The van der Waals surface area contributed by atoms with Gasteiger partial charge < -0.3 is 20.9 Å². The Bertz CT molecular complexity index is 368. The molecule has 3 aliphatic rings. The lowest BCUT2D eigenvalue weighted by Crippen LogP contribution is -2.52. The van der Waals surface area contributed by atoms with Gasteiger partial charge in [0.25, 0.3) is 0 Å². The SMILES string of the molecule is O=C(NC1CCCCCCC1)NC1CCN(C2CCNCC2)CC1. The summed E-state index contributed by atoms with van der Waals surface area (Å²) in [7, 11) is 0. The summed E-state index contributed by atoms with van der Waals surface area (Å²) in [6.07, 6.45) is 13.6. The minimum Gasteiger partial charge on any atom is -0.335 e. The zero-order chi connectivity index (χ0) is 16.6. The number of nitrogens with zero attached hydrogens (tertiary/aromatic N) is 1. The molecule has 2 amide bonds. The Morgan fingerprint density at radius 2 is 1.29 bits per heavy atom. The van der Waals surface area contributed by atoms with Gasteiger partial charge in [0.2, 0.25) is 0 Å². The van der Waals surface area contributed by atoms with E-state index in [1.807, 2.05) is 0 Å². The van der Waals surface area contributed by atoms with Gasteiger partial charge in [0.1, 0.15) is 0 Å². The van der Waals surface area contributed by atoms with Crippen molar-refractivity contribution in [3.05, 3.63) is 0 Å². The van der Waals surface area contributed by atoms with Gasteiger partial charge in [-0.1, -0.05) is 32.1 Å². The van der Waals surface area contributed by atoms with Crippen LogP contribution in [0.3, 0.4) is 0 Å². The molecular formula is C19H36N4O. The van der Waals surface area contributed by atoms with E-state index in [1.54, 1.807) is 0 Å². The number of likely N-dealkylation sites (tertiary alicyclic amines) is 1. The number of hydrogen-bond donors (Lipinski definition) is 3. The molecule has 0 unspecified atom stereocenters. The summed E-state index contributed by atoms with van der Waals surface area (Å²) in [5, 5.41) is 9.92. The third-order valence-corrected chi connectivity index (χ3v) is 6.13. The molecule has 138 valence electrons. The number of amides is 2. The zero-order valence-electron chi connectivity index (χ0n) is 15.2. The van der Waals surface area contributed by atoms with Crippen LogP contribution < -0.4 is 16.0 Å². The van der Waals surface area contributed by atoms with Gasteiger partial charge in [0, 0.05) is 31.2 Å². The van der Waals surface area contributed by atoms with E-state index in [9.17, 15) is 4.79 Å². The normalized spacial score (nSPS) is 26.5. The van der Waals surface area contributed by atoms with Crippen LogP contribution in [0.15, 0.2) is 0 Å². The molecule has 24 heavy (non-hydrogen) atoms. The third-order valence-electron chi connectivity index (χ3n) is 6.13. The van der Waals surface area contributed by atoms with Crippen molar-refractivity contribution < 1.29 is 4.79 Å². The second kappa shape index (κ2) is 9.62. The van der Waals surface area contributed by atoms with Crippen LogP contribution in [0.25, 0.3) is 0 Å². The van der Waals surface area contributed by atoms with Gasteiger partial charge in [-0.2, -0.15) is 0 Å². The Labute approximate surface area is 147 Å². The van der Waals surface area contributed by atoms with Gasteiger partial charge in [-0.05, 0) is 51.6 Å². The molecule has 2 saturated heterocycles. The van der Waals surface area contributed by atoms with Crippen molar-refractivity contribution in [2.45, 2.75) is 88.8 Å². The Hall–Kier alpha value is -0.810. The van der Waals surface area contributed by atoms with Gasteiger partial charge in [0.05, 0.1) is 0 Å². The number of rotatable bonds is 3. The maximum absolute atomic E-state index is 12.3. The molecule has 3 N–H and O–H groups in total. The zero-order valence-corrected chi connectivity index (χ0v) is 15.2. The lowest BCUT2D eigenvalue weighted by molar-refractivity contribution is 0.121. The summed E-state index contributed by atoms with van der Waals surface area (Å²) in [5.74, 6) is 0. The molecule has 0 aromatic carbocycles. The monoisotopic (exact) mass is 336 g/mol. The van der Waals surface area contributed by atoms with E-state index < -0.39 is 0 Å². The number of nitrogens with one attached hydrogen (secondary N) is 3. The molecule has 5 heteroatoms. The van der Waals surface area contributed by atoms with Gasteiger partial charge in [-0.25, -0.2) is 4.79 Å². The minimum atomic E-state index is 0.0703. The summed E-state index contributed by atoms with van der Waals surface area (Å²) in [6.45, 7) is 4.59. The summed E-state index contributed by atoms with van der Waals surface area (Å²) in [4.78, 5) is 15.0. The molecule has 0 atom stereocenters. The summed E-state index contributed by atoms with van der Waals surface area (Å²) in [6, 6.07) is 1.58. The molecule has 0 bridgehead atoms. The smallest absolute Gasteiger partial charge is 0.315 e. The van der Waals surface area contributed by atoms with E-state index in [-0.39, 0.29) is 6.03 Å². The largest absolute Gasteiger partial charge is 0.335 e. The number of carbonyl (C=O) groups excluding carboxylic acids is 1. The number of hydrogen-bond acceptors (Lipinski definition) is 3. The van der Waals surface area contributed by atoms with E-state index in [0.29, 0.717) is 12.1 Å². The fraction of sp³-hybridized carbons (Fsp3) is 0.947. The second-order valence-corrected chi connectivity index (χ2v) is 7.95. The standard InChI is InChI=1S/C19H36N4O/c24-19(21-16-6-4-2-1-3-5-7-16)22-17-10-14-23(15-11-17)18-8-12-20-13-9-18/h16-18,20H,1-15H2,(H2,21,22,24). The Morgan fingerprint density at radius 1 is 0.750 bits per heavy atom. The molecule has 1 aliphatic carbocycles. The first kappa shape index (κ1) is 18.0. The minimum absolute atomic E-state index is 0.0703. The van der Waals surface area contributed by atoms with Crippen molar-refractivity contribution in [2.24, 2.45) is 0 Å². The lowest BCUT2D eigenvalue weighted by Gasteiger charge is -2.39. The average molecular weight is 337 g/mol. The van der Waals surface area contributed by atoms with Crippen molar-refractivity contribution in [3.8, 4) is 0 Å². The van der Waals surface area contributed by atoms with Crippen molar-refractivity contribution in [1.82, 2.24) is 20.9 Å². The third kappa shape index (κ3) is 5.62. The fourth-order valence-corrected chi connectivity index (χ4v) is 4.59. The Morgan fingerprint density at radius 3 is 1.92 bits per heavy atom. The molecular weight excluding hydrogens is 300 g/mol. The maximum Gasteiger partial charge on any atom is 0.315 e. The molecule has 3 rings (SSSR count). The van der Waals surface area contributed by atoms with Crippen LogP contribution in [0.4, 0.5) is 4.79 Å². The highest BCUT2D eigenvalue weighted by Gasteiger charge is 2.27. The number of carbonyl (C=O) groups is 1. The number of piperidine rings is 2. The lowest BCUT2D eigenvalue weighted by atomic mass is 9.97. The molecule has 2 aliphatic heterocycles. The van der Waals surface area contributed by atoms with Gasteiger partial charge in [-0.15, -0.1) is 0 Å². The van der Waals surface area contributed by atoms with Crippen molar-refractivity contribution >= 4 is 6.03 Å². The van der Waals surface area contributed by atoms with Gasteiger partial charge >= 0.3 is 6.03 Å². The summed E-state index contributed by atoms with van der Waals surface area (Å²) < 4.78 is 0. The van der Waals surface area contributed by atoms with E-state index in [4.69, 9.17) is 0 Å². The molecule has 5 nitrogen and oxygen atoms in total. The first-order chi connectivity index (χ1) is 11.8. The maximum atomic E-state index is 12.3. The molecule has 0 aromatic rings. The quantitative estimate of drug-likeness (QED) is 0.742. The first-order valence-corrected chi connectivity index (χ1v) is 10.3. The first-order valence-electron chi connectivity index (χ1n) is 10.3. The summed E-state index contributed by atoms with van der Waals surface area (Å²) >= 11 is 0. The molecule has 0 radical (unpaired) electrons. The van der Waals surface area contributed by atoms with E-state index in [2.05, 4.69) is 20.9 Å². The Balaban J connectivity index is 1.35. The van der Waals surface area contributed by atoms with Crippen LogP contribution in [0.5, 0.6) is 0 Å². The van der Waals surface area contributed by atoms with Crippen LogP contribution in [-0.4, -0.2) is 55.2 Å². The highest BCUT2D eigenvalue weighted by Crippen LogP contribution is 2.19. The Kier molecular flexibility index (Phi) is 7.21.